The van der Waals surface area contributed by atoms with Gasteiger partial charge in [0.1, 0.15) is 5.75 Å². The molecule has 0 bridgehead atoms. The van der Waals surface area contributed by atoms with Crippen LogP contribution in [0, 0.1) is 0 Å². The number of aliphatic hydroxyl groups is 1. The summed E-state index contributed by atoms with van der Waals surface area (Å²) >= 11 is 0. The third-order valence-corrected chi connectivity index (χ3v) is 2.71. The van der Waals surface area contributed by atoms with E-state index < -0.39 is 12.1 Å². The molecule has 2 atom stereocenters. The summed E-state index contributed by atoms with van der Waals surface area (Å²) in [6, 6.07) is 5.91. The van der Waals surface area contributed by atoms with Crippen LogP contribution >= 0.6 is 0 Å². The first-order valence-corrected chi connectivity index (χ1v) is 6.02. The number of carbonyl (C=O) groups is 1. The molecule has 5 heteroatoms. The maximum absolute atomic E-state index is 11.6. The predicted octanol–water partition coefficient (Wildman–Crippen LogP) is 0.149. The Morgan fingerprint density at radius 3 is 2.56 bits per heavy atom. The molecule has 0 aliphatic carbocycles. The molecule has 2 unspecified atom stereocenters. The second-order valence-electron chi connectivity index (χ2n) is 4.28. The Balaban J connectivity index is 2.42. The lowest BCUT2D eigenvalue weighted by atomic mass is 10.1. The number of amides is 1. The van der Waals surface area contributed by atoms with Crippen molar-refractivity contribution >= 4 is 5.91 Å². The molecule has 0 radical (unpaired) electrons. The molecule has 0 aromatic heterocycles. The lowest BCUT2D eigenvalue weighted by molar-refractivity contribution is -0.122. The number of hydrogen-bond acceptors (Lipinski definition) is 4. The van der Waals surface area contributed by atoms with E-state index in [2.05, 4.69) is 5.32 Å². The number of hydrogen-bond donors (Lipinski definition) is 4. The summed E-state index contributed by atoms with van der Waals surface area (Å²) in [5.41, 5.74) is 6.64. The molecular formula is C13H20N2O3. The standard InChI is InChI=1S/C13H20N2O3/c1-2-10(16)8-15-13(18)12(14)7-9-3-5-11(17)6-4-9/h3-6,10,12,16-17H,2,7-8,14H2,1H3,(H,15,18). The quantitative estimate of drug-likeness (QED) is 0.579. The topological polar surface area (TPSA) is 95.6 Å². The molecule has 0 fully saturated rings. The molecule has 18 heavy (non-hydrogen) atoms. The minimum atomic E-state index is -0.654. The maximum atomic E-state index is 11.6. The maximum Gasteiger partial charge on any atom is 0.237 e. The van der Waals surface area contributed by atoms with Gasteiger partial charge in [-0.25, -0.2) is 0 Å². The second-order valence-corrected chi connectivity index (χ2v) is 4.28. The highest BCUT2D eigenvalue weighted by Crippen LogP contribution is 2.10. The van der Waals surface area contributed by atoms with Gasteiger partial charge in [-0.2, -0.15) is 0 Å². The average Bonchev–Trinajstić information content (AvgIpc) is 2.38. The van der Waals surface area contributed by atoms with Crippen molar-refractivity contribution in [1.82, 2.24) is 5.32 Å². The summed E-state index contributed by atoms with van der Waals surface area (Å²) in [4.78, 5) is 11.6. The van der Waals surface area contributed by atoms with E-state index in [1.165, 1.54) is 0 Å². The molecule has 0 saturated carbocycles. The Labute approximate surface area is 107 Å². The van der Waals surface area contributed by atoms with Crippen molar-refractivity contribution < 1.29 is 15.0 Å². The van der Waals surface area contributed by atoms with E-state index in [-0.39, 0.29) is 18.2 Å². The average molecular weight is 252 g/mol. The summed E-state index contributed by atoms with van der Waals surface area (Å²) in [6.45, 7) is 2.06. The highest BCUT2D eigenvalue weighted by atomic mass is 16.3. The van der Waals surface area contributed by atoms with E-state index in [0.29, 0.717) is 12.8 Å². The summed E-state index contributed by atoms with van der Waals surface area (Å²) < 4.78 is 0. The normalized spacial score (nSPS) is 13.9. The van der Waals surface area contributed by atoms with Gasteiger partial charge in [-0.05, 0) is 30.5 Å². The van der Waals surface area contributed by atoms with Crippen LogP contribution in [0.4, 0.5) is 0 Å². The van der Waals surface area contributed by atoms with Crippen LogP contribution in [-0.2, 0) is 11.2 Å². The molecule has 5 nitrogen and oxygen atoms in total. The molecule has 0 saturated heterocycles. The lowest BCUT2D eigenvalue weighted by Crippen LogP contribution is -2.44. The fourth-order valence-electron chi connectivity index (χ4n) is 1.47. The number of nitrogens with two attached hydrogens (primary N) is 1. The summed E-state index contributed by atoms with van der Waals surface area (Å²) in [6.07, 6.45) is 0.455. The minimum absolute atomic E-state index is 0.183. The number of phenols is 1. The zero-order valence-electron chi connectivity index (χ0n) is 10.5. The number of carbonyl (C=O) groups excluding carboxylic acids is 1. The first kappa shape index (κ1) is 14.5. The SMILES string of the molecule is CCC(O)CNC(=O)C(N)Cc1ccc(O)cc1. The zero-order valence-corrected chi connectivity index (χ0v) is 10.5. The minimum Gasteiger partial charge on any atom is -0.508 e. The molecular weight excluding hydrogens is 232 g/mol. The van der Waals surface area contributed by atoms with E-state index in [0.717, 1.165) is 5.56 Å². The van der Waals surface area contributed by atoms with Crippen molar-refractivity contribution in [2.45, 2.75) is 31.9 Å². The van der Waals surface area contributed by atoms with E-state index in [1.54, 1.807) is 24.3 Å². The third-order valence-electron chi connectivity index (χ3n) is 2.71. The molecule has 0 spiro atoms. The van der Waals surface area contributed by atoms with Crippen LogP contribution in [0.5, 0.6) is 5.75 Å². The number of benzene rings is 1. The van der Waals surface area contributed by atoms with Crippen LogP contribution < -0.4 is 11.1 Å². The van der Waals surface area contributed by atoms with Crippen molar-refractivity contribution in [1.29, 1.82) is 0 Å². The Morgan fingerprint density at radius 2 is 2.00 bits per heavy atom. The van der Waals surface area contributed by atoms with Gasteiger partial charge in [-0.1, -0.05) is 19.1 Å². The monoisotopic (exact) mass is 252 g/mol. The van der Waals surface area contributed by atoms with Gasteiger partial charge in [0.05, 0.1) is 12.1 Å². The Morgan fingerprint density at radius 1 is 1.39 bits per heavy atom. The van der Waals surface area contributed by atoms with E-state index in [1.807, 2.05) is 6.92 Å². The Hall–Kier alpha value is -1.59. The molecule has 1 amide bonds. The number of rotatable bonds is 6. The molecule has 100 valence electrons. The highest BCUT2D eigenvalue weighted by Gasteiger charge is 2.14. The first-order valence-electron chi connectivity index (χ1n) is 6.02. The third kappa shape index (κ3) is 4.73. The van der Waals surface area contributed by atoms with Crippen LogP contribution in [-0.4, -0.2) is 34.8 Å². The van der Waals surface area contributed by atoms with Crippen LogP contribution in [0.2, 0.25) is 0 Å². The number of phenolic OH excluding ortho intramolecular Hbond substituents is 1. The van der Waals surface area contributed by atoms with Crippen LogP contribution in [0.1, 0.15) is 18.9 Å². The second kappa shape index (κ2) is 6.98. The summed E-state index contributed by atoms with van der Waals surface area (Å²) in [5, 5.41) is 21.1. The van der Waals surface area contributed by atoms with Gasteiger partial charge in [0.2, 0.25) is 5.91 Å². The van der Waals surface area contributed by atoms with Crippen molar-refractivity contribution in [3.05, 3.63) is 29.8 Å². The smallest absolute Gasteiger partial charge is 0.237 e. The van der Waals surface area contributed by atoms with Gasteiger partial charge >= 0.3 is 0 Å². The van der Waals surface area contributed by atoms with Gasteiger partial charge in [0.15, 0.2) is 0 Å². The summed E-state index contributed by atoms with van der Waals surface area (Å²) in [7, 11) is 0. The molecule has 0 aliphatic rings. The molecule has 1 rings (SSSR count). The van der Waals surface area contributed by atoms with Gasteiger partial charge in [-0.3, -0.25) is 4.79 Å². The molecule has 0 aliphatic heterocycles. The molecule has 5 N–H and O–H groups in total. The molecule has 0 heterocycles. The van der Waals surface area contributed by atoms with E-state index in [9.17, 15) is 9.90 Å². The fourth-order valence-corrected chi connectivity index (χ4v) is 1.47. The van der Waals surface area contributed by atoms with Gasteiger partial charge in [-0.15, -0.1) is 0 Å². The van der Waals surface area contributed by atoms with E-state index >= 15 is 0 Å². The van der Waals surface area contributed by atoms with Crippen molar-refractivity contribution in [3.8, 4) is 5.75 Å². The fraction of sp³-hybridized carbons (Fsp3) is 0.462. The predicted molar refractivity (Wildman–Crippen MR) is 69.1 cm³/mol. The number of aromatic hydroxyl groups is 1. The van der Waals surface area contributed by atoms with Gasteiger partial charge in [0, 0.05) is 6.54 Å². The number of aliphatic hydroxyl groups excluding tert-OH is 1. The van der Waals surface area contributed by atoms with Crippen molar-refractivity contribution in [3.63, 3.8) is 0 Å². The largest absolute Gasteiger partial charge is 0.508 e. The van der Waals surface area contributed by atoms with Gasteiger partial charge in [0.25, 0.3) is 0 Å². The Kier molecular flexibility index (Phi) is 5.61. The number of nitrogens with one attached hydrogen (secondary N) is 1. The highest BCUT2D eigenvalue weighted by molar-refractivity contribution is 5.81. The van der Waals surface area contributed by atoms with Crippen LogP contribution in [0.3, 0.4) is 0 Å². The van der Waals surface area contributed by atoms with Crippen LogP contribution in [0.25, 0.3) is 0 Å². The van der Waals surface area contributed by atoms with Crippen molar-refractivity contribution in [2.24, 2.45) is 5.73 Å². The lowest BCUT2D eigenvalue weighted by Gasteiger charge is -2.14. The zero-order chi connectivity index (χ0) is 13.5. The molecule has 1 aromatic carbocycles. The Bertz CT molecular complexity index is 378. The van der Waals surface area contributed by atoms with Crippen molar-refractivity contribution in [2.75, 3.05) is 6.54 Å². The van der Waals surface area contributed by atoms with Crippen LogP contribution in [0.15, 0.2) is 24.3 Å². The molecule has 1 aromatic rings. The van der Waals surface area contributed by atoms with Gasteiger partial charge < -0.3 is 21.3 Å². The van der Waals surface area contributed by atoms with E-state index in [4.69, 9.17) is 10.8 Å². The summed E-state index contributed by atoms with van der Waals surface area (Å²) in [5.74, 6) is -0.0987. The first-order chi connectivity index (χ1) is 8.52.